The van der Waals surface area contributed by atoms with Crippen molar-refractivity contribution in [3.63, 3.8) is 0 Å². The number of hydrogen-bond acceptors (Lipinski definition) is 4. The zero-order valence-corrected chi connectivity index (χ0v) is 10.8. The molecule has 1 aromatic carbocycles. The first-order valence-corrected chi connectivity index (χ1v) is 6.32. The number of rotatable bonds is 3. The number of ether oxygens (including phenoxy) is 1. The number of amides is 2. The number of nitrogens with zero attached hydrogens (tertiary/aromatic N) is 1. The highest BCUT2D eigenvalue weighted by Crippen LogP contribution is 2.36. The van der Waals surface area contributed by atoms with Gasteiger partial charge in [-0.2, -0.15) is 0 Å². The monoisotopic (exact) mass is 260 g/mol. The zero-order chi connectivity index (χ0) is 13.5. The summed E-state index contributed by atoms with van der Waals surface area (Å²) in [6.07, 6.45) is 0. The molecule has 0 spiro atoms. The molecule has 3 rings (SSSR count). The average Bonchev–Trinajstić information content (AvgIpc) is 2.89. The number of fused-ring (bicyclic) bond motifs is 1. The van der Waals surface area contributed by atoms with E-state index in [4.69, 9.17) is 4.74 Å². The van der Waals surface area contributed by atoms with Gasteiger partial charge < -0.3 is 4.74 Å². The van der Waals surface area contributed by atoms with E-state index >= 15 is 0 Å². The van der Waals surface area contributed by atoms with Gasteiger partial charge in [0.15, 0.2) is 5.60 Å². The molecule has 2 atom stereocenters. The van der Waals surface area contributed by atoms with E-state index in [2.05, 4.69) is 10.2 Å². The van der Waals surface area contributed by atoms with Gasteiger partial charge in [-0.05, 0) is 5.56 Å². The lowest BCUT2D eigenvalue weighted by atomic mass is 9.93. The van der Waals surface area contributed by atoms with Crippen LogP contribution in [-0.2, 0) is 20.9 Å². The molecule has 0 aliphatic carbocycles. The van der Waals surface area contributed by atoms with Gasteiger partial charge in [-0.1, -0.05) is 30.3 Å². The van der Waals surface area contributed by atoms with Gasteiger partial charge in [-0.15, -0.1) is 0 Å². The SMILES string of the molecule is CO[C@]12CN(Cc3ccccc3)C[C@H]1C(=O)NC2=O. The predicted octanol–water partition coefficient (Wildman–Crippen LogP) is 0.160. The second-order valence-electron chi connectivity index (χ2n) is 5.12. The fourth-order valence-electron chi connectivity index (χ4n) is 3.00. The summed E-state index contributed by atoms with van der Waals surface area (Å²) in [7, 11) is 1.50. The van der Waals surface area contributed by atoms with E-state index in [0.717, 1.165) is 6.54 Å². The molecule has 2 aliphatic rings. The van der Waals surface area contributed by atoms with Crippen LogP contribution in [0.4, 0.5) is 0 Å². The summed E-state index contributed by atoms with van der Waals surface area (Å²) in [5.74, 6) is -0.920. The Bertz CT molecular complexity index is 517. The molecule has 2 fully saturated rings. The Morgan fingerprint density at radius 2 is 2.11 bits per heavy atom. The molecule has 1 aromatic rings. The standard InChI is InChI=1S/C14H16N2O3/c1-19-14-9-16(7-10-5-3-2-4-6-10)8-11(14)12(17)15-13(14)18/h2-6,11H,7-9H2,1H3,(H,15,17,18)/t11-,14+/m0/s1. The lowest BCUT2D eigenvalue weighted by Crippen LogP contribution is -2.46. The zero-order valence-electron chi connectivity index (χ0n) is 10.8. The van der Waals surface area contributed by atoms with Gasteiger partial charge in [-0.3, -0.25) is 19.8 Å². The summed E-state index contributed by atoms with van der Waals surface area (Å²) < 4.78 is 5.40. The number of benzene rings is 1. The van der Waals surface area contributed by atoms with E-state index in [1.54, 1.807) is 0 Å². The van der Waals surface area contributed by atoms with Crippen molar-refractivity contribution in [1.82, 2.24) is 10.2 Å². The molecule has 100 valence electrons. The van der Waals surface area contributed by atoms with Crippen LogP contribution in [0.25, 0.3) is 0 Å². The maximum absolute atomic E-state index is 11.9. The van der Waals surface area contributed by atoms with E-state index in [9.17, 15) is 9.59 Å². The molecule has 2 aliphatic heterocycles. The first-order chi connectivity index (χ1) is 9.15. The molecule has 5 nitrogen and oxygen atoms in total. The Kier molecular flexibility index (Phi) is 2.88. The van der Waals surface area contributed by atoms with Gasteiger partial charge in [-0.25, -0.2) is 0 Å². The van der Waals surface area contributed by atoms with Gasteiger partial charge >= 0.3 is 0 Å². The molecule has 2 saturated heterocycles. The maximum Gasteiger partial charge on any atom is 0.261 e. The Morgan fingerprint density at radius 1 is 1.37 bits per heavy atom. The maximum atomic E-state index is 11.9. The minimum atomic E-state index is -0.994. The molecule has 2 amide bonds. The highest BCUT2D eigenvalue weighted by molar-refractivity contribution is 6.10. The quantitative estimate of drug-likeness (QED) is 0.787. The topological polar surface area (TPSA) is 58.6 Å². The summed E-state index contributed by atoms with van der Waals surface area (Å²) in [4.78, 5) is 25.8. The number of imide groups is 1. The predicted molar refractivity (Wildman–Crippen MR) is 68.1 cm³/mol. The molecule has 0 aromatic heterocycles. The van der Waals surface area contributed by atoms with Crippen LogP contribution in [0.2, 0.25) is 0 Å². The molecular weight excluding hydrogens is 244 g/mol. The van der Waals surface area contributed by atoms with Gasteiger partial charge in [0.2, 0.25) is 5.91 Å². The largest absolute Gasteiger partial charge is 0.366 e. The lowest BCUT2D eigenvalue weighted by Gasteiger charge is -2.23. The molecular formula is C14H16N2O3. The Morgan fingerprint density at radius 3 is 2.74 bits per heavy atom. The normalized spacial score (nSPS) is 30.5. The summed E-state index contributed by atoms with van der Waals surface area (Å²) in [6, 6.07) is 10.0. The third-order valence-electron chi connectivity index (χ3n) is 4.01. The fourth-order valence-corrected chi connectivity index (χ4v) is 3.00. The molecule has 2 heterocycles. The lowest BCUT2D eigenvalue weighted by molar-refractivity contribution is -0.139. The van der Waals surface area contributed by atoms with Crippen molar-refractivity contribution < 1.29 is 14.3 Å². The van der Waals surface area contributed by atoms with Crippen LogP contribution in [0.3, 0.4) is 0 Å². The number of carbonyl (C=O) groups excluding carboxylic acids is 2. The van der Waals surface area contributed by atoms with E-state index < -0.39 is 11.5 Å². The number of likely N-dealkylation sites (tertiary alicyclic amines) is 1. The van der Waals surface area contributed by atoms with E-state index in [1.165, 1.54) is 12.7 Å². The third kappa shape index (κ3) is 1.86. The van der Waals surface area contributed by atoms with Crippen LogP contribution in [0.5, 0.6) is 0 Å². The summed E-state index contributed by atoms with van der Waals surface area (Å²) in [5.41, 5.74) is 0.174. The van der Waals surface area contributed by atoms with Crippen molar-refractivity contribution in [1.29, 1.82) is 0 Å². The number of hydrogen-bond donors (Lipinski definition) is 1. The van der Waals surface area contributed by atoms with Crippen LogP contribution in [0, 0.1) is 5.92 Å². The number of nitrogens with one attached hydrogen (secondary N) is 1. The third-order valence-corrected chi connectivity index (χ3v) is 4.01. The van der Waals surface area contributed by atoms with Crippen molar-refractivity contribution in [2.45, 2.75) is 12.1 Å². The van der Waals surface area contributed by atoms with Crippen LogP contribution in [0.15, 0.2) is 30.3 Å². The van der Waals surface area contributed by atoms with E-state index in [0.29, 0.717) is 13.1 Å². The Labute approximate surface area is 111 Å². The molecule has 1 N–H and O–H groups in total. The Balaban J connectivity index is 1.79. The number of methoxy groups -OCH3 is 1. The van der Waals surface area contributed by atoms with E-state index in [-0.39, 0.29) is 11.8 Å². The summed E-state index contributed by atoms with van der Waals surface area (Å²) in [6.45, 7) is 1.74. The average molecular weight is 260 g/mol. The van der Waals surface area contributed by atoms with Crippen LogP contribution in [-0.4, -0.2) is 42.5 Å². The van der Waals surface area contributed by atoms with Crippen LogP contribution in [0.1, 0.15) is 5.56 Å². The van der Waals surface area contributed by atoms with Gasteiger partial charge in [0.25, 0.3) is 5.91 Å². The first kappa shape index (κ1) is 12.3. The molecule has 0 bridgehead atoms. The van der Waals surface area contributed by atoms with E-state index in [1.807, 2.05) is 30.3 Å². The fraction of sp³-hybridized carbons (Fsp3) is 0.429. The van der Waals surface area contributed by atoms with Crippen molar-refractivity contribution in [2.75, 3.05) is 20.2 Å². The summed E-state index contributed by atoms with van der Waals surface area (Å²) >= 11 is 0. The van der Waals surface area contributed by atoms with Gasteiger partial charge in [0.1, 0.15) is 0 Å². The van der Waals surface area contributed by atoms with Crippen LogP contribution >= 0.6 is 0 Å². The smallest absolute Gasteiger partial charge is 0.261 e. The molecule has 0 radical (unpaired) electrons. The van der Waals surface area contributed by atoms with Crippen LogP contribution < -0.4 is 5.32 Å². The van der Waals surface area contributed by atoms with Crippen molar-refractivity contribution in [3.05, 3.63) is 35.9 Å². The second kappa shape index (κ2) is 4.43. The molecule has 19 heavy (non-hydrogen) atoms. The van der Waals surface area contributed by atoms with Gasteiger partial charge in [0.05, 0.1) is 5.92 Å². The molecule has 5 heteroatoms. The highest BCUT2D eigenvalue weighted by atomic mass is 16.5. The molecule has 0 unspecified atom stereocenters. The van der Waals surface area contributed by atoms with Crippen molar-refractivity contribution in [3.8, 4) is 0 Å². The summed E-state index contributed by atoms with van der Waals surface area (Å²) in [5, 5.41) is 2.37. The Hall–Kier alpha value is -1.72. The molecule has 0 saturated carbocycles. The number of carbonyl (C=O) groups is 2. The van der Waals surface area contributed by atoms with Crippen molar-refractivity contribution in [2.24, 2.45) is 5.92 Å². The minimum absolute atomic E-state index is 0.220. The minimum Gasteiger partial charge on any atom is -0.366 e. The second-order valence-corrected chi connectivity index (χ2v) is 5.12. The van der Waals surface area contributed by atoms with Crippen molar-refractivity contribution >= 4 is 11.8 Å². The highest BCUT2D eigenvalue weighted by Gasteiger charge is 2.60. The first-order valence-electron chi connectivity index (χ1n) is 6.32. The van der Waals surface area contributed by atoms with Gasteiger partial charge in [0, 0.05) is 26.7 Å².